The highest BCUT2D eigenvalue weighted by Gasteiger charge is 2.66. The molecule has 1 aromatic carbocycles. The molecule has 3 fully saturated rings. The van der Waals surface area contributed by atoms with Gasteiger partial charge in [-0.25, -0.2) is 4.98 Å². The summed E-state index contributed by atoms with van der Waals surface area (Å²) in [6.07, 6.45) is 2.43. The molecule has 3 aliphatic rings. The predicted octanol–water partition coefficient (Wildman–Crippen LogP) is 2.12. The third-order valence-electron chi connectivity index (χ3n) is 7.03. The lowest BCUT2D eigenvalue weighted by atomic mass is 9.98. The summed E-state index contributed by atoms with van der Waals surface area (Å²) in [7, 11) is 1.76. The zero-order valence-corrected chi connectivity index (χ0v) is 18.3. The minimum atomic E-state index is -0.212. The van der Waals surface area contributed by atoms with Crippen molar-refractivity contribution in [3.05, 3.63) is 58.7 Å². The lowest BCUT2D eigenvalue weighted by Gasteiger charge is -2.45. The summed E-state index contributed by atoms with van der Waals surface area (Å²) in [5.41, 5.74) is 7.10. The van der Waals surface area contributed by atoms with Gasteiger partial charge < -0.3 is 15.5 Å². The van der Waals surface area contributed by atoms with Gasteiger partial charge in [-0.2, -0.15) is 0 Å². The second-order valence-corrected chi connectivity index (χ2v) is 9.49. The van der Waals surface area contributed by atoms with Crippen LogP contribution in [0.4, 0.5) is 5.82 Å². The minimum Gasteiger partial charge on any atom is -0.382 e. The Morgan fingerprint density at radius 1 is 1.26 bits per heavy atom. The molecule has 7 nitrogen and oxygen atoms in total. The molecule has 2 atom stereocenters. The maximum atomic E-state index is 13.2. The van der Waals surface area contributed by atoms with Gasteiger partial charge in [0, 0.05) is 46.0 Å². The van der Waals surface area contributed by atoms with E-state index >= 15 is 0 Å². The Labute approximate surface area is 186 Å². The maximum absolute atomic E-state index is 13.2. The quantitative estimate of drug-likeness (QED) is 0.771. The van der Waals surface area contributed by atoms with Gasteiger partial charge in [0.25, 0.3) is 5.91 Å². The molecule has 0 spiro atoms. The van der Waals surface area contributed by atoms with Gasteiger partial charge in [0.05, 0.1) is 22.0 Å². The first kappa shape index (κ1) is 20.3. The number of nitrogen functional groups attached to an aromatic ring is 1. The van der Waals surface area contributed by atoms with E-state index in [2.05, 4.69) is 34.1 Å². The van der Waals surface area contributed by atoms with Crippen molar-refractivity contribution < 1.29 is 9.59 Å². The van der Waals surface area contributed by atoms with Gasteiger partial charge in [-0.15, -0.1) is 0 Å². The Morgan fingerprint density at radius 3 is 2.71 bits per heavy atom. The number of rotatable bonds is 5. The Bertz CT molecular complexity index is 1030. The molecule has 3 heterocycles. The average Bonchev–Trinajstić information content (AvgIpc) is 3.30. The number of amides is 2. The third kappa shape index (κ3) is 3.55. The number of nitrogens with two attached hydrogens (primary N) is 1. The van der Waals surface area contributed by atoms with Crippen molar-refractivity contribution in [1.29, 1.82) is 0 Å². The van der Waals surface area contributed by atoms with E-state index in [9.17, 15) is 9.59 Å². The molecule has 1 aromatic heterocycles. The molecule has 0 unspecified atom stereocenters. The third-order valence-corrected chi connectivity index (χ3v) is 7.33. The fourth-order valence-corrected chi connectivity index (χ4v) is 5.16. The Hall–Kier alpha value is -2.64. The summed E-state index contributed by atoms with van der Waals surface area (Å²) in [6, 6.07) is 11.9. The smallest absolute Gasteiger partial charge is 0.255 e. The molecule has 2 aliphatic heterocycles. The van der Waals surface area contributed by atoms with Crippen LogP contribution in [0.3, 0.4) is 0 Å². The highest BCUT2D eigenvalue weighted by atomic mass is 35.5. The number of pyridine rings is 1. The van der Waals surface area contributed by atoms with Crippen molar-refractivity contribution in [2.24, 2.45) is 11.3 Å². The maximum Gasteiger partial charge on any atom is 0.255 e. The van der Waals surface area contributed by atoms with Gasteiger partial charge in [-0.1, -0.05) is 41.9 Å². The molecule has 2 aromatic rings. The van der Waals surface area contributed by atoms with Crippen LogP contribution < -0.4 is 5.73 Å². The molecule has 2 amide bonds. The average molecular weight is 440 g/mol. The first-order valence-electron chi connectivity index (χ1n) is 10.6. The minimum absolute atomic E-state index is 0.00297. The zero-order chi connectivity index (χ0) is 21.8. The summed E-state index contributed by atoms with van der Waals surface area (Å²) in [5, 5.41) is 0.268. The molecule has 2 saturated heterocycles. The van der Waals surface area contributed by atoms with Crippen molar-refractivity contribution in [2.45, 2.75) is 19.0 Å². The van der Waals surface area contributed by atoms with E-state index in [-0.39, 0.29) is 34.1 Å². The van der Waals surface area contributed by atoms with Gasteiger partial charge >= 0.3 is 0 Å². The predicted molar refractivity (Wildman–Crippen MR) is 118 cm³/mol. The number of carbonyl (C=O) groups is 2. The molecule has 5 rings (SSSR count). The van der Waals surface area contributed by atoms with Crippen LogP contribution in [-0.4, -0.2) is 70.8 Å². The number of hydrogen-bond acceptors (Lipinski definition) is 5. The van der Waals surface area contributed by atoms with E-state index in [0.29, 0.717) is 24.6 Å². The molecule has 0 radical (unpaired) electrons. The largest absolute Gasteiger partial charge is 0.382 e. The Balaban J connectivity index is 1.16. The molecule has 2 N–H and O–H groups in total. The number of aromatic nitrogens is 1. The van der Waals surface area contributed by atoms with Crippen molar-refractivity contribution >= 4 is 29.2 Å². The zero-order valence-electron chi connectivity index (χ0n) is 17.5. The molecule has 1 aliphatic carbocycles. The highest BCUT2D eigenvalue weighted by molar-refractivity contribution is 6.33. The number of halogens is 1. The van der Waals surface area contributed by atoms with Gasteiger partial charge in [0.1, 0.15) is 5.82 Å². The van der Waals surface area contributed by atoms with E-state index in [1.54, 1.807) is 11.9 Å². The number of hydrogen-bond donors (Lipinski definition) is 1. The van der Waals surface area contributed by atoms with E-state index < -0.39 is 0 Å². The fourth-order valence-electron chi connectivity index (χ4n) is 5.00. The summed E-state index contributed by atoms with van der Waals surface area (Å²) in [5.74, 6) is 0.758. The van der Waals surface area contributed by atoms with Gasteiger partial charge in [-0.05, 0) is 24.0 Å². The standard InChI is InChI=1S/C23H26ClN5O2/c1-27(21(30)16-7-19(24)20(25)26-9-16)18-12-29(13-18)22(31)23-8-17(23)11-28(14-23)10-15-5-3-2-4-6-15/h2-7,9,17-18H,8,10-14H2,1H3,(H2,25,26)/t17-,23-/m0/s1. The first-order valence-corrected chi connectivity index (χ1v) is 11.0. The van der Waals surface area contributed by atoms with Crippen LogP contribution in [0, 0.1) is 11.3 Å². The molecule has 1 saturated carbocycles. The first-order chi connectivity index (χ1) is 14.9. The Kier molecular flexibility index (Phi) is 4.90. The van der Waals surface area contributed by atoms with Crippen molar-refractivity contribution in [1.82, 2.24) is 19.7 Å². The second kappa shape index (κ2) is 7.50. The number of anilines is 1. The number of likely N-dealkylation sites (tertiary alicyclic amines) is 2. The summed E-state index contributed by atoms with van der Waals surface area (Å²) in [4.78, 5) is 35.9. The molecular weight excluding hydrogens is 414 g/mol. The normalized spacial score (nSPS) is 25.1. The van der Waals surface area contributed by atoms with E-state index in [1.165, 1.54) is 17.8 Å². The van der Waals surface area contributed by atoms with Crippen molar-refractivity contribution in [3.63, 3.8) is 0 Å². The Morgan fingerprint density at radius 2 is 2.00 bits per heavy atom. The van der Waals surface area contributed by atoms with Crippen LogP contribution in [0.2, 0.25) is 5.02 Å². The molecule has 162 valence electrons. The lowest BCUT2D eigenvalue weighted by molar-refractivity contribution is -0.144. The number of carbonyl (C=O) groups excluding carboxylic acids is 2. The number of nitrogens with zero attached hydrogens (tertiary/aromatic N) is 4. The van der Waals surface area contributed by atoms with Crippen molar-refractivity contribution in [3.8, 4) is 0 Å². The van der Waals surface area contributed by atoms with Crippen LogP contribution in [0.1, 0.15) is 22.3 Å². The van der Waals surface area contributed by atoms with Crippen molar-refractivity contribution in [2.75, 3.05) is 39.0 Å². The number of likely N-dealkylation sites (N-methyl/N-ethyl adjacent to an activating group) is 1. The van der Waals surface area contributed by atoms with E-state index in [1.807, 2.05) is 11.0 Å². The lowest BCUT2D eigenvalue weighted by Crippen LogP contribution is -2.63. The number of piperidine rings is 1. The molecule has 31 heavy (non-hydrogen) atoms. The van der Waals surface area contributed by atoms with Crippen LogP contribution >= 0.6 is 11.6 Å². The van der Waals surface area contributed by atoms with Gasteiger partial charge in [0.2, 0.25) is 5.91 Å². The summed E-state index contributed by atoms with van der Waals surface area (Å²) >= 11 is 6.00. The van der Waals surface area contributed by atoms with E-state index in [4.69, 9.17) is 17.3 Å². The molecule has 8 heteroatoms. The topological polar surface area (TPSA) is 82.8 Å². The summed E-state index contributed by atoms with van der Waals surface area (Å²) < 4.78 is 0. The van der Waals surface area contributed by atoms with Crippen LogP contribution in [0.15, 0.2) is 42.6 Å². The van der Waals surface area contributed by atoms with Crippen LogP contribution in [-0.2, 0) is 11.3 Å². The SMILES string of the molecule is CN(C(=O)c1cnc(N)c(Cl)c1)C1CN(C(=O)[C@]23C[C@H]2CN(Cc2ccccc2)C3)C1. The van der Waals surface area contributed by atoms with Crippen LogP contribution in [0.25, 0.3) is 0 Å². The molecule has 0 bridgehead atoms. The van der Waals surface area contributed by atoms with Gasteiger partial charge in [-0.3, -0.25) is 14.5 Å². The number of benzene rings is 1. The van der Waals surface area contributed by atoms with E-state index in [0.717, 1.165) is 26.1 Å². The highest BCUT2D eigenvalue weighted by Crippen LogP contribution is 2.59. The second-order valence-electron chi connectivity index (χ2n) is 9.08. The van der Waals surface area contributed by atoms with Crippen LogP contribution in [0.5, 0.6) is 0 Å². The van der Waals surface area contributed by atoms with Gasteiger partial charge in [0.15, 0.2) is 0 Å². The monoisotopic (exact) mass is 439 g/mol. The number of fused-ring (bicyclic) bond motifs is 1. The fraction of sp³-hybridized carbons (Fsp3) is 0.435. The summed E-state index contributed by atoms with van der Waals surface area (Å²) in [6.45, 7) is 3.86. The molecular formula is C23H26ClN5O2.